The number of imidazole rings is 1. The van der Waals surface area contributed by atoms with Gasteiger partial charge in [0.2, 0.25) is 10.0 Å². The number of hydrogen-bond donors (Lipinski definition) is 0. The second kappa shape index (κ2) is 10.6. The molecule has 2 aromatic heterocycles. The molecule has 4 aromatic carbocycles. The third kappa shape index (κ3) is 5.18. The summed E-state index contributed by atoms with van der Waals surface area (Å²) in [7, 11) is -2.17. The van der Waals surface area contributed by atoms with E-state index in [9.17, 15) is 8.42 Å². The van der Waals surface area contributed by atoms with Crippen LogP contribution in [0.3, 0.4) is 0 Å². The molecule has 0 aliphatic heterocycles. The number of ether oxygens (including phenoxy) is 1. The van der Waals surface area contributed by atoms with Crippen LogP contribution in [0, 0.1) is 0 Å². The van der Waals surface area contributed by atoms with Crippen LogP contribution in [0.5, 0.6) is 5.75 Å². The average Bonchev–Trinajstić information content (AvgIpc) is 3.57. The Morgan fingerprint density at radius 1 is 0.897 bits per heavy atom. The molecule has 0 amide bonds. The molecule has 0 unspecified atom stereocenters. The van der Waals surface area contributed by atoms with Gasteiger partial charge in [0.1, 0.15) is 5.75 Å². The molecule has 6 nitrogen and oxygen atoms in total. The van der Waals surface area contributed by atoms with Crippen LogP contribution < -0.4 is 4.74 Å². The van der Waals surface area contributed by atoms with E-state index in [1.165, 1.54) is 10.8 Å². The Bertz CT molecular complexity index is 1840. The van der Waals surface area contributed by atoms with E-state index in [-0.39, 0.29) is 11.4 Å². The second-order valence-electron chi connectivity index (χ2n) is 9.32. The quantitative estimate of drug-likeness (QED) is 0.201. The van der Waals surface area contributed by atoms with Gasteiger partial charge in [0.05, 0.1) is 17.7 Å². The predicted octanol–water partition coefficient (Wildman–Crippen LogP) is 6.66. The smallest absolute Gasteiger partial charge is 0.243 e. The lowest BCUT2D eigenvalue weighted by molar-refractivity contribution is 0.406. The second-order valence-corrected chi connectivity index (χ2v) is 12.1. The summed E-state index contributed by atoms with van der Waals surface area (Å²) < 4.78 is 36.3. The molecule has 0 aliphatic rings. The van der Waals surface area contributed by atoms with Gasteiger partial charge in [-0.1, -0.05) is 66.7 Å². The average molecular weight is 554 g/mol. The van der Waals surface area contributed by atoms with Crippen molar-refractivity contribution in [3.8, 4) is 17.0 Å². The maximum Gasteiger partial charge on any atom is 0.243 e. The van der Waals surface area contributed by atoms with Crippen molar-refractivity contribution in [3.63, 3.8) is 0 Å². The van der Waals surface area contributed by atoms with Crippen molar-refractivity contribution in [2.45, 2.75) is 17.9 Å². The van der Waals surface area contributed by atoms with E-state index < -0.39 is 10.0 Å². The largest absolute Gasteiger partial charge is 0.497 e. The van der Waals surface area contributed by atoms with E-state index in [2.05, 4.69) is 40.1 Å². The minimum atomic E-state index is -3.73. The summed E-state index contributed by atoms with van der Waals surface area (Å²) in [6.45, 7) is 0.618. The molecule has 2 heterocycles. The van der Waals surface area contributed by atoms with E-state index >= 15 is 0 Å². The van der Waals surface area contributed by atoms with E-state index in [0.29, 0.717) is 18.7 Å². The fourth-order valence-electron chi connectivity index (χ4n) is 4.70. The van der Waals surface area contributed by atoms with Gasteiger partial charge in [0.25, 0.3) is 0 Å². The number of nitrogens with zero attached hydrogens (tertiary/aromatic N) is 3. The zero-order valence-electron chi connectivity index (χ0n) is 21.4. The third-order valence-corrected chi connectivity index (χ3v) is 9.59. The Kier molecular flexibility index (Phi) is 6.91. The van der Waals surface area contributed by atoms with E-state index in [4.69, 9.17) is 9.72 Å². The summed E-state index contributed by atoms with van der Waals surface area (Å²) >= 11 is 1.57. The lowest BCUT2D eigenvalue weighted by Crippen LogP contribution is -2.32. The summed E-state index contributed by atoms with van der Waals surface area (Å²) in [6, 6.07) is 30.9. The van der Waals surface area contributed by atoms with Crippen LogP contribution in [-0.4, -0.2) is 35.8 Å². The van der Waals surface area contributed by atoms with Gasteiger partial charge in [-0.25, -0.2) is 13.4 Å². The number of fused-ring (bicyclic) bond motifs is 2. The molecule has 6 aromatic rings. The van der Waals surface area contributed by atoms with Crippen molar-refractivity contribution in [2.75, 3.05) is 13.7 Å². The monoisotopic (exact) mass is 553 g/mol. The van der Waals surface area contributed by atoms with Gasteiger partial charge in [-0.15, -0.1) is 11.3 Å². The van der Waals surface area contributed by atoms with Crippen LogP contribution in [0.15, 0.2) is 114 Å². The topological polar surface area (TPSA) is 63.9 Å². The van der Waals surface area contributed by atoms with Gasteiger partial charge in [-0.2, -0.15) is 4.31 Å². The van der Waals surface area contributed by atoms with Crippen LogP contribution in [0.4, 0.5) is 0 Å². The fraction of sp³-hybridized carbons (Fsp3) is 0.129. The lowest BCUT2D eigenvalue weighted by atomic mass is 10.1. The van der Waals surface area contributed by atoms with Crippen LogP contribution in [-0.2, 0) is 23.0 Å². The summed E-state index contributed by atoms with van der Waals surface area (Å²) in [5.74, 6) is 0.617. The summed E-state index contributed by atoms with van der Waals surface area (Å²) in [4.78, 5) is 5.99. The predicted molar refractivity (Wildman–Crippen MR) is 157 cm³/mol. The van der Waals surface area contributed by atoms with Gasteiger partial charge >= 0.3 is 0 Å². The first-order valence-corrected chi connectivity index (χ1v) is 15.0. The summed E-state index contributed by atoms with van der Waals surface area (Å²) in [6.07, 6.45) is 2.60. The molecule has 196 valence electrons. The molecule has 8 heteroatoms. The maximum atomic E-state index is 13.7. The molecule has 0 N–H and O–H groups in total. The number of sulfonamides is 1. The van der Waals surface area contributed by atoms with Gasteiger partial charge in [0, 0.05) is 42.3 Å². The Morgan fingerprint density at radius 2 is 1.64 bits per heavy atom. The highest BCUT2D eigenvalue weighted by Crippen LogP contribution is 2.28. The van der Waals surface area contributed by atoms with Crippen molar-refractivity contribution in [1.82, 2.24) is 13.7 Å². The summed E-state index contributed by atoms with van der Waals surface area (Å²) in [5, 5.41) is 4.43. The zero-order valence-corrected chi connectivity index (χ0v) is 23.0. The summed E-state index contributed by atoms with van der Waals surface area (Å²) in [5.41, 5.74) is 3.92. The van der Waals surface area contributed by atoms with Gasteiger partial charge in [-0.3, -0.25) is 4.40 Å². The van der Waals surface area contributed by atoms with Crippen molar-refractivity contribution in [1.29, 1.82) is 0 Å². The number of aromatic nitrogens is 2. The molecular formula is C31H27N3O3S2. The molecule has 0 aliphatic carbocycles. The number of hydrogen-bond acceptors (Lipinski definition) is 5. The van der Waals surface area contributed by atoms with Crippen molar-refractivity contribution < 1.29 is 13.2 Å². The highest BCUT2D eigenvalue weighted by molar-refractivity contribution is 7.89. The van der Waals surface area contributed by atoms with E-state index in [1.807, 2.05) is 48.7 Å². The third-order valence-electron chi connectivity index (χ3n) is 6.84. The van der Waals surface area contributed by atoms with E-state index in [0.717, 1.165) is 27.5 Å². The number of thiazole rings is 1. The van der Waals surface area contributed by atoms with Crippen molar-refractivity contribution >= 4 is 37.1 Å². The van der Waals surface area contributed by atoms with Gasteiger partial charge in [0.15, 0.2) is 4.96 Å². The minimum absolute atomic E-state index is 0.246. The highest BCUT2D eigenvalue weighted by Gasteiger charge is 2.25. The molecular weight excluding hydrogens is 526 g/mol. The van der Waals surface area contributed by atoms with Crippen molar-refractivity contribution in [3.05, 3.63) is 120 Å². The molecule has 6 rings (SSSR count). The van der Waals surface area contributed by atoms with E-state index in [1.54, 1.807) is 47.0 Å². The Balaban J connectivity index is 1.28. The maximum absolute atomic E-state index is 13.7. The van der Waals surface area contributed by atoms with Gasteiger partial charge in [-0.05, 0) is 46.7 Å². The lowest BCUT2D eigenvalue weighted by Gasteiger charge is -2.22. The molecule has 0 radical (unpaired) electrons. The Labute approximate surface area is 231 Å². The number of methoxy groups -OCH3 is 1. The normalized spacial score (nSPS) is 11.9. The molecule has 39 heavy (non-hydrogen) atoms. The molecule has 0 bridgehead atoms. The van der Waals surface area contributed by atoms with Crippen LogP contribution in [0.25, 0.3) is 27.0 Å². The first-order valence-electron chi connectivity index (χ1n) is 12.6. The molecule has 0 saturated carbocycles. The van der Waals surface area contributed by atoms with Crippen LogP contribution in [0.2, 0.25) is 0 Å². The first-order chi connectivity index (χ1) is 19.0. The van der Waals surface area contributed by atoms with Gasteiger partial charge < -0.3 is 4.74 Å². The molecule has 0 atom stereocenters. The van der Waals surface area contributed by atoms with Crippen molar-refractivity contribution in [2.24, 2.45) is 0 Å². The van der Waals surface area contributed by atoms with Crippen LogP contribution >= 0.6 is 11.3 Å². The Morgan fingerprint density at radius 3 is 2.41 bits per heavy atom. The fourth-order valence-corrected chi connectivity index (χ4v) is 7.04. The number of rotatable bonds is 9. The minimum Gasteiger partial charge on any atom is -0.497 e. The molecule has 0 spiro atoms. The Hall–Kier alpha value is -3.98. The zero-order chi connectivity index (χ0) is 26.8. The standard InChI is InChI=1S/C31H27N3O3S2/c1-37-28-13-15-29(16-14-28)39(35,36)33(20-23-7-3-2-4-8-23)18-17-27-22-38-31-32-30(21-34(27)31)26-12-11-24-9-5-6-10-25(24)19-26/h2-16,19,21-22H,17-18,20H2,1H3. The number of benzene rings is 4. The first kappa shape index (κ1) is 25.3. The SMILES string of the molecule is COc1ccc(S(=O)(=O)N(CCc2csc3nc(-c4ccc5ccccc5c4)cn23)Cc2ccccc2)cc1. The molecule has 0 fully saturated rings. The highest BCUT2D eigenvalue weighted by atomic mass is 32.2. The van der Waals surface area contributed by atoms with Crippen LogP contribution in [0.1, 0.15) is 11.3 Å². The molecule has 0 saturated heterocycles.